The minimum atomic E-state index is -0.832. The third-order valence-electron chi connectivity index (χ3n) is 1.90. The first-order chi connectivity index (χ1) is 7.16. The van der Waals surface area contributed by atoms with Crippen LogP contribution >= 0.6 is 22.7 Å². The second kappa shape index (κ2) is 4.12. The van der Waals surface area contributed by atoms with Gasteiger partial charge in [0.15, 0.2) is 0 Å². The number of aliphatic carboxylic acids is 1. The topological polar surface area (TPSA) is 50.2 Å². The van der Waals surface area contributed by atoms with E-state index in [1.165, 1.54) is 11.3 Å². The molecule has 2 rings (SSSR count). The molecule has 0 saturated carbocycles. The van der Waals surface area contributed by atoms with Gasteiger partial charge in [-0.2, -0.15) is 0 Å². The van der Waals surface area contributed by atoms with Gasteiger partial charge in [-0.05, 0) is 18.4 Å². The number of carboxylic acids is 1. The molecule has 3 nitrogen and oxygen atoms in total. The molecular weight excluding hydrogens is 230 g/mol. The van der Waals surface area contributed by atoms with Crippen LogP contribution in [0.25, 0.3) is 10.6 Å². The number of aromatic nitrogens is 1. The lowest BCUT2D eigenvalue weighted by atomic mass is 10.3. The highest BCUT2D eigenvalue weighted by atomic mass is 32.1. The van der Waals surface area contributed by atoms with Crippen molar-refractivity contribution in [2.75, 3.05) is 0 Å². The van der Waals surface area contributed by atoms with E-state index in [1.54, 1.807) is 11.3 Å². The fourth-order valence-corrected chi connectivity index (χ4v) is 3.07. The van der Waals surface area contributed by atoms with E-state index in [9.17, 15) is 4.79 Å². The van der Waals surface area contributed by atoms with Crippen LogP contribution in [0, 0.1) is 6.92 Å². The minimum absolute atomic E-state index is 0.0108. The van der Waals surface area contributed by atoms with E-state index in [4.69, 9.17) is 5.11 Å². The van der Waals surface area contributed by atoms with E-state index in [0.717, 1.165) is 15.4 Å². The predicted octanol–water partition coefficient (Wildman–Crippen LogP) is 2.81. The first-order valence-corrected chi connectivity index (χ1v) is 6.08. The summed E-state index contributed by atoms with van der Waals surface area (Å²) >= 11 is 3.07. The molecule has 2 aromatic rings. The maximum Gasteiger partial charge on any atom is 0.310 e. The Balaban J connectivity index is 2.34. The third-order valence-corrected chi connectivity index (χ3v) is 3.75. The molecule has 0 atom stereocenters. The van der Waals surface area contributed by atoms with Crippen molar-refractivity contribution in [3.63, 3.8) is 0 Å². The van der Waals surface area contributed by atoms with Crippen LogP contribution in [0.5, 0.6) is 0 Å². The molecule has 0 unspecified atom stereocenters. The normalized spacial score (nSPS) is 10.5. The third kappa shape index (κ3) is 2.24. The Kier molecular flexibility index (Phi) is 2.83. The van der Waals surface area contributed by atoms with Crippen molar-refractivity contribution in [1.29, 1.82) is 0 Å². The van der Waals surface area contributed by atoms with Crippen LogP contribution in [0.2, 0.25) is 0 Å². The van der Waals surface area contributed by atoms with Crippen molar-refractivity contribution in [3.8, 4) is 10.6 Å². The summed E-state index contributed by atoms with van der Waals surface area (Å²) in [5.41, 5.74) is 0.922. The first-order valence-electron chi connectivity index (χ1n) is 4.39. The standard InChI is InChI=1S/C10H9NO2S2/c1-6-10(7-3-2-4-14-7)11-8(15-6)5-9(12)13/h2-4H,5H2,1H3,(H,12,13). The van der Waals surface area contributed by atoms with Crippen LogP contribution in [-0.2, 0) is 11.2 Å². The summed E-state index contributed by atoms with van der Waals surface area (Å²) in [6.45, 7) is 1.97. The molecule has 0 aliphatic carbocycles. The van der Waals surface area contributed by atoms with Crippen LogP contribution in [-0.4, -0.2) is 16.1 Å². The summed E-state index contributed by atoms with van der Waals surface area (Å²) in [4.78, 5) is 17.1. The molecule has 0 bridgehead atoms. The zero-order valence-corrected chi connectivity index (χ0v) is 9.69. The number of hydrogen-bond donors (Lipinski definition) is 1. The van der Waals surface area contributed by atoms with Crippen molar-refractivity contribution < 1.29 is 9.90 Å². The lowest BCUT2D eigenvalue weighted by Gasteiger charge is -1.90. The molecule has 78 valence electrons. The van der Waals surface area contributed by atoms with E-state index in [0.29, 0.717) is 5.01 Å². The summed E-state index contributed by atoms with van der Waals surface area (Å²) in [5.74, 6) is -0.832. The quantitative estimate of drug-likeness (QED) is 0.896. The molecule has 0 radical (unpaired) electrons. The van der Waals surface area contributed by atoms with Gasteiger partial charge in [0.2, 0.25) is 0 Å². The molecule has 0 aromatic carbocycles. The fourth-order valence-electron chi connectivity index (χ4n) is 1.30. The van der Waals surface area contributed by atoms with Gasteiger partial charge in [0, 0.05) is 4.88 Å². The zero-order chi connectivity index (χ0) is 10.8. The SMILES string of the molecule is Cc1sc(CC(=O)O)nc1-c1cccs1. The van der Waals surface area contributed by atoms with Gasteiger partial charge in [0.05, 0.1) is 17.0 Å². The largest absolute Gasteiger partial charge is 0.481 e. The maximum atomic E-state index is 10.5. The van der Waals surface area contributed by atoms with Gasteiger partial charge >= 0.3 is 5.97 Å². The van der Waals surface area contributed by atoms with Gasteiger partial charge in [0.25, 0.3) is 0 Å². The van der Waals surface area contributed by atoms with Gasteiger partial charge in [0.1, 0.15) is 5.01 Å². The first kappa shape index (κ1) is 10.3. The Labute approximate surface area is 95.0 Å². The van der Waals surface area contributed by atoms with Crippen LogP contribution in [0.15, 0.2) is 17.5 Å². The molecule has 1 N–H and O–H groups in total. The average molecular weight is 239 g/mol. The Morgan fingerprint density at radius 1 is 1.60 bits per heavy atom. The molecule has 0 amide bonds. The van der Waals surface area contributed by atoms with Gasteiger partial charge < -0.3 is 5.11 Å². The van der Waals surface area contributed by atoms with E-state index in [-0.39, 0.29) is 6.42 Å². The van der Waals surface area contributed by atoms with E-state index in [2.05, 4.69) is 4.98 Å². The number of hydrogen-bond acceptors (Lipinski definition) is 4. The highest BCUT2D eigenvalue weighted by Crippen LogP contribution is 2.30. The van der Waals surface area contributed by atoms with Crippen LogP contribution in [0.1, 0.15) is 9.88 Å². The lowest BCUT2D eigenvalue weighted by Crippen LogP contribution is -1.98. The van der Waals surface area contributed by atoms with Crippen LogP contribution in [0.4, 0.5) is 0 Å². The Morgan fingerprint density at radius 2 is 2.40 bits per heavy atom. The van der Waals surface area contributed by atoms with Crippen molar-refractivity contribution in [1.82, 2.24) is 4.98 Å². The number of thiazole rings is 1. The zero-order valence-electron chi connectivity index (χ0n) is 8.06. The second-order valence-electron chi connectivity index (χ2n) is 3.06. The molecule has 5 heteroatoms. The second-order valence-corrected chi connectivity index (χ2v) is 5.30. The highest BCUT2D eigenvalue weighted by Gasteiger charge is 2.12. The summed E-state index contributed by atoms with van der Waals surface area (Å²) in [6.07, 6.45) is 0.0108. The average Bonchev–Trinajstić information content (AvgIpc) is 2.72. The molecule has 0 fully saturated rings. The van der Waals surface area contributed by atoms with Crippen molar-refractivity contribution in [2.45, 2.75) is 13.3 Å². The number of thiophene rings is 1. The Morgan fingerprint density at radius 3 is 3.00 bits per heavy atom. The highest BCUT2D eigenvalue weighted by molar-refractivity contribution is 7.15. The smallest absolute Gasteiger partial charge is 0.310 e. The van der Waals surface area contributed by atoms with Gasteiger partial charge in [-0.3, -0.25) is 4.79 Å². The summed E-state index contributed by atoms with van der Waals surface area (Å²) in [5, 5.41) is 11.3. The number of nitrogens with zero attached hydrogens (tertiary/aromatic N) is 1. The Bertz CT molecular complexity index is 474. The molecule has 0 aliphatic rings. The molecule has 15 heavy (non-hydrogen) atoms. The monoisotopic (exact) mass is 239 g/mol. The summed E-state index contributed by atoms with van der Waals surface area (Å²) in [7, 11) is 0. The minimum Gasteiger partial charge on any atom is -0.481 e. The lowest BCUT2D eigenvalue weighted by molar-refractivity contribution is -0.136. The molecule has 2 heterocycles. The van der Waals surface area contributed by atoms with E-state index in [1.807, 2.05) is 24.4 Å². The van der Waals surface area contributed by atoms with E-state index < -0.39 is 5.97 Å². The Hall–Kier alpha value is -1.20. The van der Waals surface area contributed by atoms with Gasteiger partial charge in [-0.1, -0.05) is 6.07 Å². The number of carbonyl (C=O) groups is 1. The number of rotatable bonds is 3. The molecule has 0 spiro atoms. The fraction of sp³-hybridized carbons (Fsp3) is 0.200. The van der Waals surface area contributed by atoms with Crippen LogP contribution < -0.4 is 0 Å². The van der Waals surface area contributed by atoms with E-state index >= 15 is 0 Å². The van der Waals surface area contributed by atoms with Gasteiger partial charge in [-0.15, -0.1) is 22.7 Å². The molecular formula is C10H9NO2S2. The number of aryl methyl sites for hydroxylation is 1. The van der Waals surface area contributed by atoms with Crippen molar-refractivity contribution in [2.24, 2.45) is 0 Å². The van der Waals surface area contributed by atoms with Crippen molar-refractivity contribution in [3.05, 3.63) is 27.4 Å². The van der Waals surface area contributed by atoms with Crippen LogP contribution in [0.3, 0.4) is 0 Å². The predicted molar refractivity (Wildman–Crippen MR) is 61.5 cm³/mol. The molecule has 2 aromatic heterocycles. The number of carboxylic acid groups (broad SMARTS) is 1. The van der Waals surface area contributed by atoms with Crippen molar-refractivity contribution >= 4 is 28.6 Å². The maximum absolute atomic E-state index is 10.5. The van der Waals surface area contributed by atoms with Gasteiger partial charge in [-0.25, -0.2) is 4.98 Å². The summed E-state index contributed by atoms with van der Waals surface area (Å²) < 4.78 is 0. The molecule has 0 aliphatic heterocycles. The summed E-state index contributed by atoms with van der Waals surface area (Å²) in [6, 6.07) is 3.97. The molecule has 0 saturated heterocycles.